The minimum Gasteiger partial charge on any atom is -0.408 e. The van der Waals surface area contributed by atoms with Crippen molar-refractivity contribution in [2.24, 2.45) is 0 Å². The highest BCUT2D eigenvalue weighted by Crippen LogP contribution is 2.14. The molecule has 13 heavy (non-hydrogen) atoms. The summed E-state index contributed by atoms with van der Waals surface area (Å²) in [5.74, 6) is -0.633. The lowest BCUT2D eigenvalue weighted by Gasteiger charge is -1.94. The number of ketones is 1. The Morgan fingerprint density at radius 1 is 1.46 bits per heavy atom. The zero-order valence-corrected chi connectivity index (χ0v) is 6.96. The van der Waals surface area contributed by atoms with Gasteiger partial charge in [0.05, 0.1) is 5.52 Å². The lowest BCUT2D eigenvalue weighted by molar-refractivity contribution is 0.101. The van der Waals surface area contributed by atoms with Gasteiger partial charge in [0.25, 0.3) is 0 Å². The van der Waals surface area contributed by atoms with Crippen LogP contribution in [0.1, 0.15) is 17.3 Å². The maximum absolute atomic E-state index is 11.1. The van der Waals surface area contributed by atoms with Gasteiger partial charge in [0.1, 0.15) is 0 Å². The number of aromatic amines is 1. The molecule has 2 aromatic rings. The van der Waals surface area contributed by atoms with Crippen molar-refractivity contribution < 1.29 is 9.21 Å². The Hall–Kier alpha value is -1.84. The fourth-order valence-corrected chi connectivity index (χ4v) is 1.27. The van der Waals surface area contributed by atoms with E-state index in [0.717, 1.165) is 0 Å². The van der Waals surface area contributed by atoms with Gasteiger partial charge in [-0.05, 0) is 19.1 Å². The average molecular weight is 177 g/mol. The SMILES string of the molecule is CC(=O)c1cccc2oc(=O)[nH]c12. The number of oxazole rings is 1. The molecule has 1 N–H and O–H groups in total. The average Bonchev–Trinajstić information content (AvgIpc) is 2.43. The monoisotopic (exact) mass is 177 g/mol. The first-order valence-electron chi connectivity index (χ1n) is 3.81. The van der Waals surface area contributed by atoms with E-state index in [4.69, 9.17) is 4.42 Å². The number of nitrogens with one attached hydrogen (secondary N) is 1. The molecule has 1 aromatic heterocycles. The molecule has 0 atom stereocenters. The van der Waals surface area contributed by atoms with Crippen LogP contribution in [0, 0.1) is 0 Å². The van der Waals surface area contributed by atoms with Gasteiger partial charge in [-0.2, -0.15) is 0 Å². The summed E-state index contributed by atoms with van der Waals surface area (Å²) in [5, 5.41) is 0. The molecule has 0 saturated carbocycles. The van der Waals surface area contributed by atoms with Crippen LogP contribution in [0.25, 0.3) is 11.1 Å². The van der Waals surface area contributed by atoms with E-state index in [1.165, 1.54) is 6.92 Å². The predicted octanol–water partition coefficient (Wildman–Crippen LogP) is 1.32. The van der Waals surface area contributed by atoms with Crippen LogP contribution in [0.15, 0.2) is 27.4 Å². The molecule has 0 fully saturated rings. The number of hydrogen-bond donors (Lipinski definition) is 1. The van der Waals surface area contributed by atoms with Crippen LogP contribution in [0.2, 0.25) is 0 Å². The Morgan fingerprint density at radius 2 is 2.23 bits per heavy atom. The summed E-state index contributed by atoms with van der Waals surface area (Å²) in [5.41, 5.74) is 1.36. The van der Waals surface area contributed by atoms with Crippen molar-refractivity contribution in [1.29, 1.82) is 0 Å². The van der Waals surface area contributed by atoms with Gasteiger partial charge in [-0.3, -0.25) is 9.78 Å². The van der Waals surface area contributed by atoms with E-state index in [1.807, 2.05) is 0 Å². The number of hydrogen-bond acceptors (Lipinski definition) is 3. The fraction of sp³-hybridized carbons (Fsp3) is 0.111. The molecule has 4 heteroatoms. The second-order valence-corrected chi connectivity index (χ2v) is 2.75. The zero-order chi connectivity index (χ0) is 9.42. The molecule has 4 nitrogen and oxygen atoms in total. The van der Waals surface area contributed by atoms with E-state index in [1.54, 1.807) is 18.2 Å². The van der Waals surface area contributed by atoms with Crippen LogP contribution >= 0.6 is 0 Å². The summed E-state index contributed by atoms with van der Waals surface area (Å²) in [7, 11) is 0. The molecule has 0 unspecified atom stereocenters. The quantitative estimate of drug-likeness (QED) is 0.668. The Kier molecular flexibility index (Phi) is 1.55. The molecular formula is C9H7NO3. The van der Waals surface area contributed by atoms with Crippen LogP contribution in [0.5, 0.6) is 0 Å². The molecule has 0 spiro atoms. The van der Waals surface area contributed by atoms with Crippen molar-refractivity contribution in [2.75, 3.05) is 0 Å². The van der Waals surface area contributed by atoms with Gasteiger partial charge in [-0.25, -0.2) is 4.79 Å². The second kappa shape index (κ2) is 2.58. The highest BCUT2D eigenvalue weighted by molar-refractivity contribution is 6.04. The molecule has 0 aliphatic rings. The summed E-state index contributed by atoms with van der Waals surface area (Å²) >= 11 is 0. The number of fused-ring (bicyclic) bond motifs is 1. The summed E-state index contributed by atoms with van der Waals surface area (Å²) in [6.07, 6.45) is 0. The first-order valence-corrected chi connectivity index (χ1v) is 3.81. The highest BCUT2D eigenvalue weighted by atomic mass is 16.4. The van der Waals surface area contributed by atoms with Crippen LogP contribution < -0.4 is 5.76 Å². The third-order valence-corrected chi connectivity index (χ3v) is 1.84. The van der Waals surface area contributed by atoms with Crippen molar-refractivity contribution in [2.45, 2.75) is 6.92 Å². The molecule has 66 valence electrons. The number of carbonyl (C=O) groups is 1. The Labute approximate surface area is 73.2 Å². The predicted molar refractivity (Wildman–Crippen MR) is 46.8 cm³/mol. The van der Waals surface area contributed by atoms with Gasteiger partial charge in [-0.15, -0.1) is 0 Å². The zero-order valence-electron chi connectivity index (χ0n) is 6.96. The van der Waals surface area contributed by atoms with Gasteiger partial charge in [0.15, 0.2) is 11.4 Å². The van der Waals surface area contributed by atoms with Gasteiger partial charge in [-0.1, -0.05) is 6.07 Å². The molecule has 0 aliphatic heterocycles. The minimum atomic E-state index is -0.538. The van der Waals surface area contributed by atoms with E-state index in [-0.39, 0.29) is 5.78 Å². The number of Topliss-reactive ketones (excluding diaryl/α,β-unsaturated/α-hetero) is 1. The number of benzene rings is 1. The van der Waals surface area contributed by atoms with Crippen LogP contribution in [0.4, 0.5) is 0 Å². The van der Waals surface area contributed by atoms with Gasteiger partial charge in [0.2, 0.25) is 0 Å². The molecule has 2 rings (SSSR count). The number of carbonyl (C=O) groups excluding carboxylic acids is 1. The first kappa shape index (κ1) is 7.79. The van der Waals surface area contributed by atoms with Gasteiger partial charge in [0, 0.05) is 5.56 Å². The highest BCUT2D eigenvalue weighted by Gasteiger charge is 2.08. The van der Waals surface area contributed by atoms with Crippen LogP contribution in [-0.2, 0) is 0 Å². The topological polar surface area (TPSA) is 63.1 Å². The van der Waals surface area contributed by atoms with Crippen molar-refractivity contribution in [3.63, 3.8) is 0 Å². The van der Waals surface area contributed by atoms with E-state index in [9.17, 15) is 9.59 Å². The lowest BCUT2D eigenvalue weighted by Crippen LogP contribution is -1.97. The maximum Gasteiger partial charge on any atom is 0.417 e. The largest absolute Gasteiger partial charge is 0.417 e. The standard InChI is InChI=1S/C9H7NO3/c1-5(11)6-3-2-4-7-8(6)10-9(12)13-7/h2-4H,1H3,(H,10,12). The number of rotatable bonds is 1. The van der Waals surface area contributed by atoms with Crippen molar-refractivity contribution in [3.05, 3.63) is 34.3 Å². The van der Waals surface area contributed by atoms with Gasteiger partial charge >= 0.3 is 5.76 Å². The summed E-state index contributed by atoms with van der Waals surface area (Å²) in [4.78, 5) is 24.4. The first-order chi connectivity index (χ1) is 6.18. The molecule has 0 aliphatic carbocycles. The van der Waals surface area contributed by atoms with E-state index in [2.05, 4.69) is 4.98 Å². The smallest absolute Gasteiger partial charge is 0.408 e. The number of aromatic nitrogens is 1. The normalized spacial score (nSPS) is 10.5. The molecule has 0 radical (unpaired) electrons. The van der Waals surface area contributed by atoms with E-state index >= 15 is 0 Å². The Bertz CT molecular complexity index is 521. The summed E-state index contributed by atoms with van der Waals surface area (Å²) in [6, 6.07) is 4.96. The van der Waals surface area contributed by atoms with Crippen LogP contribution in [0.3, 0.4) is 0 Å². The van der Waals surface area contributed by atoms with Crippen LogP contribution in [-0.4, -0.2) is 10.8 Å². The maximum atomic E-state index is 11.1. The molecule has 1 aromatic carbocycles. The molecule has 0 bridgehead atoms. The van der Waals surface area contributed by atoms with Crippen molar-refractivity contribution in [1.82, 2.24) is 4.98 Å². The van der Waals surface area contributed by atoms with E-state index in [0.29, 0.717) is 16.7 Å². The number of para-hydroxylation sites is 1. The van der Waals surface area contributed by atoms with Gasteiger partial charge < -0.3 is 4.42 Å². The van der Waals surface area contributed by atoms with Crippen molar-refractivity contribution in [3.8, 4) is 0 Å². The van der Waals surface area contributed by atoms with Crippen molar-refractivity contribution >= 4 is 16.9 Å². The lowest BCUT2D eigenvalue weighted by atomic mass is 10.1. The van der Waals surface area contributed by atoms with E-state index < -0.39 is 5.76 Å². The second-order valence-electron chi connectivity index (χ2n) is 2.75. The third kappa shape index (κ3) is 1.16. The molecule has 0 amide bonds. The summed E-state index contributed by atoms with van der Waals surface area (Å²) < 4.78 is 4.80. The molecule has 0 saturated heterocycles. The third-order valence-electron chi connectivity index (χ3n) is 1.84. The summed E-state index contributed by atoms with van der Waals surface area (Å²) in [6.45, 7) is 1.44. The number of H-pyrrole nitrogens is 1. The Morgan fingerprint density at radius 3 is 2.92 bits per heavy atom. The fourth-order valence-electron chi connectivity index (χ4n) is 1.27. The molecular weight excluding hydrogens is 170 g/mol. The Balaban J connectivity index is 2.90. The molecule has 1 heterocycles. The minimum absolute atomic E-state index is 0.0948.